The second-order valence-electron chi connectivity index (χ2n) is 10.2. The predicted octanol–water partition coefficient (Wildman–Crippen LogP) is 6.66. The van der Waals surface area contributed by atoms with E-state index >= 15 is 0 Å². The van der Waals surface area contributed by atoms with Crippen LogP contribution in [0.1, 0.15) is 82.1 Å². The van der Waals surface area contributed by atoms with Gasteiger partial charge in [-0.1, -0.05) is 46.1 Å². The fraction of sp³-hybridized carbons (Fsp3) is 0.692. The lowest BCUT2D eigenvalue weighted by Crippen LogP contribution is -2.35. The van der Waals surface area contributed by atoms with E-state index in [-0.39, 0.29) is 18.4 Å². The Hall–Kier alpha value is -1.29. The number of benzene rings is 1. The van der Waals surface area contributed by atoms with Crippen LogP contribution in [-0.4, -0.2) is 28.2 Å². The van der Waals surface area contributed by atoms with Crippen LogP contribution in [0.3, 0.4) is 0 Å². The fourth-order valence-corrected chi connectivity index (χ4v) is 4.72. The van der Waals surface area contributed by atoms with E-state index in [0.717, 1.165) is 58.9 Å². The summed E-state index contributed by atoms with van der Waals surface area (Å²) < 4.78 is 23.5. The van der Waals surface area contributed by atoms with E-state index in [1.54, 1.807) is 0 Å². The van der Waals surface area contributed by atoms with Crippen LogP contribution in [-0.2, 0) is 11.0 Å². The van der Waals surface area contributed by atoms with Gasteiger partial charge in [0.1, 0.15) is 17.1 Å². The van der Waals surface area contributed by atoms with Gasteiger partial charge < -0.3 is 19.3 Å². The third kappa shape index (κ3) is 7.64. The molecule has 0 bridgehead atoms. The number of hydrogen-bond donors (Lipinski definition) is 2. The first kappa shape index (κ1) is 27.0. The van der Waals surface area contributed by atoms with Crippen LogP contribution in [0.5, 0.6) is 11.5 Å². The SMILES string of the molecule is Cc1c(C)c2c(c(C)c1OCCP(=O)(O)O)CCC(C)(/C=C/CC(C)CCCC(C)C)O2. The van der Waals surface area contributed by atoms with Crippen molar-refractivity contribution in [3.05, 3.63) is 34.4 Å². The van der Waals surface area contributed by atoms with Crippen molar-refractivity contribution < 1.29 is 23.8 Å². The molecule has 0 aromatic heterocycles. The Kier molecular flexibility index (Phi) is 9.46. The van der Waals surface area contributed by atoms with E-state index in [1.165, 1.54) is 19.3 Å². The lowest BCUT2D eigenvalue weighted by molar-refractivity contribution is 0.112. The third-order valence-electron chi connectivity index (χ3n) is 6.63. The average molecular weight is 467 g/mol. The molecule has 1 aromatic rings. The second kappa shape index (κ2) is 11.2. The van der Waals surface area contributed by atoms with Crippen LogP contribution in [0.25, 0.3) is 0 Å². The molecule has 0 saturated heterocycles. The van der Waals surface area contributed by atoms with Crippen molar-refractivity contribution in [2.75, 3.05) is 12.8 Å². The largest absolute Gasteiger partial charge is 0.492 e. The molecule has 2 unspecified atom stereocenters. The monoisotopic (exact) mass is 466 g/mol. The fourth-order valence-electron chi connectivity index (χ4n) is 4.39. The van der Waals surface area contributed by atoms with Crippen LogP contribution in [0.2, 0.25) is 0 Å². The van der Waals surface area contributed by atoms with Crippen molar-refractivity contribution in [1.82, 2.24) is 0 Å². The maximum atomic E-state index is 11.2. The second-order valence-corrected chi connectivity index (χ2v) is 12.0. The number of fused-ring (bicyclic) bond motifs is 1. The van der Waals surface area contributed by atoms with Crippen LogP contribution in [0.4, 0.5) is 0 Å². The molecule has 0 spiro atoms. The van der Waals surface area contributed by atoms with E-state index in [0.29, 0.717) is 5.92 Å². The minimum atomic E-state index is -4.07. The minimum Gasteiger partial charge on any atom is -0.492 e. The highest BCUT2D eigenvalue weighted by atomic mass is 31.2. The first-order valence-corrected chi connectivity index (χ1v) is 13.8. The first-order valence-electron chi connectivity index (χ1n) is 12.0. The molecule has 182 valence electrons. The number of ether oxygens (including phenoxy) is 2. The summed E-state index contributed by atoms with van der Waals surface area (Å²) in [6, 6.07) is 0. The Labute approximate surface area is 194 Å². The van der Waals surface area contributed by atoms with Gasteiger partial charge >= 0.3 is 7.60 Å². The summed E-state index contributed by atoms with van der Waals surface area (Å²) >= 11 is 0. The van der Waals surface area contributed by atoms with E-state index < -0.39 is 7.60 Å². The van der Waals surface area contributed by atoms with E-state index in [4.69, 9.17) is 19.3 Å². The topological polar surface area (TPSA) is 76.0 Å². The zero-order valence-electron chi connectivity index (χ0n) is 21.0. The van der Waals surface area contributed by atoms with Gasteiger partial charge in [0, 0.05) is 5.56 Å². The summed E-state index contributed by atoms with van der Waals surface area (Å²) in [5, 5.41) is 0. The molecule has 1 aliphatic heterocycles. The van der Waals surface area contributed by atoms with Gasteiger partial charge in [-0.15, -0.1) is 0 Å². The van der Waals surface area contributed by atoms with Gasteiger partial charge in [0.15, 0.2) is 0 Å². The molecule has 5 nitrogen and oxygen atoms in total. The molecule has 32 heavy (non-hydrogen) atoms. The molecule has 2 rings (SSSR count). The van der Waals surface area contributed by atoms with Crippen LogP contribution < -0.4 is 9.47 Å². The molecule has 2 atom stereocenters. The van der Waals surface area contributed by atoms with Crippen molar-refractivity contribution in [3.8, 4) is 11.5 Å². The molecule has 2 N–H and O–H groups in total. The van der Waals surface area contributed by atoms with E-state index in [9.17, 15) is 4.57 Å². The molecule has 6 heteroatoms. The maximum absolute atomic E-state index is 11.2. The summed E-state index contributed by atoms with van der Waals surface area (Å²) in [6.07, 6.45) is 11.0. The molecule has 0 radical (unpaired) electrons. The lowest BCUT2D eigenvalue weighted by atomic mass is 9.86. The van der Waals surface area contributed by atoms with Crippen molar-refractivity contribution in [2.45, 2.75) is 92.6 Å². The highest BCUT2D eigenvalue weighted by Crippen LogP contribution is 2.44. The molecule has 0 fully saturated rings. The van der Waals surface area contributed by atoms with E-state index in [1.807, 2.05) is 20.8 Å². The minimum absolute atomic E-state index is 0.000841. The zero-order valence-corrected chi connectivity index (χ0v) is 21.9. The highest BCUT2D eigenvalue weighted by molar-refractivity contribution is 7.51. The summed E-state index contributed by atoms with van der Waals surface area (Å²) in [4.78, 5) is 18.2. The van der Waals surface area contributed by atoms with Gasteiger partial charge in [0.25, 0.3) is 0 Å². The van der Waals surface area contributed by atoms with Gasteiger partial charge in [-0.05, 0) is 81.6 Å². The summed E-state index contributed by atoms with van der Waals surface area (Å²) in [6.45, 7) is 15.1. The Morgan fingerprint density at radius 2 is 1.81 bits per heavy atom. The van der Waals surface area contributed by atoms with Crippen LogP contribution in [0, 0.1) is 32.6 Å². The van der Waals surface area contributed by atoms with E-state index in [2.05, 4.69) is 39.8 Å². The number of allylic oxidation sites excluding steroid dienone is 1. The summed E-state index contributed by atoms with van der Waals surface area (Å²) in [7, 11) is -4.07. The molecule has 1 heterocycles. The quantitative estimate of drug-likeness (QED) is 0.282. The Bertz CT molecular complexity index is 855. The van der Waals surface area contributed by atoms with Crippen molar-refractivity contribution in [3.63, 3.8) is 0 Å². The van der Waals surface area contributed by atoms with Crippen LogP contribution in [0.15, 0.2) is 12.2 Å². The molecule has 0 amide bonds. The van der Waals surface area contributed by atoms with Gasteiger partial charge in [0.2, 0.25) is 0 Å². The number of hydrogen-bond acceptors (Lipinski definition) is 3. The normalized spacial score (nSPS) is 19.8. The smallest absolute Gasteiger partial charge is 0.328 e. The Morgan fingerprint density at radius 3 is 2.44 bits per heavy atom. The molecule has 0 aliphatic carbocycles. The molecular weight excluding hydrogens is 423 g/mol. The maximum Gasteiger partial charge on any atom is 0.328 e. The van der Waals surface area contributed by atoms with Gasteiger partial charge in [-0.2, -0.15) is 0 Å². The average Bonchev–Trinajstić information content (AvgIpc) is 2.67. The van der Waals surface area contributed by atoms with Crippen LogP contribution >= 0.6 is 7.60 Å². The molecule has 0 saturated carbocycles. The number of rotatable bonds is 11. The van der Waals surface area contributed by atoms with Gasteiger partial charge in [-0.25, -0.2) is 0 Å². The Morgan fingerprint density at radius 1 is 1.12 bits per heavy atom. The molecule has 1 aliphatic rings. The summed E-state index contributed by atoms with van der Waals surface area (Å²) in [5.74, 6) is 3.13. The first-order chi connectivity index (χ1) is 14.8. The molecule has 1 aromatic carbocycles. The lowest BCUT2D eigenvalue weighted by Gasteiger charge is -2.36. The predicted molar refractivity (Wildman–Crippen MR) is 132 cm³/mol. The summed E-state index contributed by atoms with van der Waals surface area (Å²) in [5.41, 5.74) is 3.85. The van der Waals surface area contributed by atoms with Crippen molar-refractivity contribution >= 4 is 7.60 Å². The zero-order chi connectivity index (χ0) is 24.1. The van der Waals surface area contributed by atoms with Crippen molar-refractivity contribution in [1.29, 1.82) is 0 Å². The van der Waals surface area contributed by atoms with Gasteiger partial charge in [0.05, 0.1) is 12.8 Å². The Balaban J connectivity index is 2.08. The van der Waals surface area contributed by atoms with Gasteiger partial charge in [-0.3, -0.25) is 4.57 Å². The highest BCUT2D eigenvalue weighted by Gasteiger charge is 2.33. The van der Waals surface area contributed by atoms with Crippen molar-refractivity contribution in [2.24, 2.45) is 11.8 Å². The standard InChI is InChI=1S/C26H43O5P/c1-18(2)10-8-11-19(3)12-9-14-26(7)15-13-23-22(6)24(30-16-17-32(27,28)29)20(4)21(5)25(23)31-26/h9,14,18-19H,8,10-13,15-17H2,1-7H3,(H2,27,28,29)/b14-9+. The molecular formula is C26H43O5P. The third-order valence-corrected chi connectivity index (χ3v) is 7.40.